The maximum Gasteiger partial charge on any atom is 0.412 e. The van der Waals surface area contributed by atoms with E-state index >= 15 is 0 Å². The Kier molecular flexibility index (Phi) is 4.22. The number of rotatable bonds is 3. The number of fused-ring (bicyclic) bond motifs is 1. The summed E-state index contributed by atoms with van der Waals surface area (Å²) in [6.45, 7) is 5.36. The molecule has 0 unspecified atom stereocenters. The first-order valence-electron chi connectivity index (χ1n) is 7.53. The average Bonchev–Trinajstić information content (AvgIpc) is 3.10. The third-order valence-corrected chi connectivity index (χ3v) is 4.22. The van der Waals surface area contributed by atoms with Crippen LogP contribution in [0.25, 0.3) is 16.2 Å². The molecule has 2 N–H and O–H groups in total. The van der Waals surface area contributed by atoms with Crippen LogP contribution >= 0.6 is 11.3 Å². The molecular weight excluding hydrogens is 342 g/mol. The Hall–Kier alpha value is -2.87. The number of ether oxygens (including phenoxy) is 1. The topological polar surface area (TPSA) is 92.9 Å². The number of carboxylic acids is 1. The minimum absolute atomic E-state index is 0.220. The third-order valence-electron chi connectivity index (χ3n) is 3.28. The van der Waals surface area contributed by atoms with Gasteiger partial charge < -0.3 is 9.84 Å². The van der Waals surface area contributed by atoms with Crippen LogP contribution in [0.3, 0.4) is 0 Å². The van der Waals surface area contributed by atoms with Crippen LogP contribution in [0.4, 0.5) is 10.5 Å². The lowest BCUT2D eigenvalue weighted by atomic mass is 10.2. The number of aromatic carboxylic acids is 1. The molecule has 0 atom stereocenters. The summed E-state index contributed by atoms with van der Waals surface area (Å²) in [5.41, 5.74) is 1.44. The van der Waals surface area contributed by atoms with Crippen molar-refractivity contribution in [2.75, 3.05) is 5.32 Å². The van der Waals surface area contributed by atoms with Crippen LogP contribution in [0.2, 0.25) is 0 Å². The number of anilines is 1. The monoisotopic (exact) mass is 359 g/mol. The van der Waals surface area contributed by atoms with Crippen LogP contribution in [0.5, 0.6) is 0 Å². The molecule has 0 aliphatic carbocycles. The van der Waals surface area contributed by atoms with Gasteiger partial charge >= 0.3 is 12.1 Å². The molecule has 25 heavy (non-hydrogen) atoms. The van der Waals surface area contributed by atoms with E-state index in [1.54, 1.807) is 61.1 Å². The van der Waals surface area contributed by atoms with Crippen LogP contribution in [-0.4, -0.2) is 32.2 Å². The van der Waals surface area contributed by atoms with Gasteiger partial charge in [-0.2, -0.15) is 0 Å². The van der Waals surface area contributed by atoms with Crippen LogP contribution in [0.1, 0.15) is 31.1 Å². The highest BCUT2D eigenvalue weighted by molar-refractivity contribution is 7.14. The molecule has 130 valence electrons. The van der Waals surface area contributed by atoms with E-state index in [9.17, 15) is 14.7 Å². The molecule has 0 bridgehead atoms. The molecule has 7 nitrogen and oxygen atoms in total. The Morgan fingerprint density at radius 3 is 2.72 bits per heavy atom. The largest absolute Gasteiger partial charge is 0.478 e. The number of imidazole rings is 1. The van der Waals surface area contributed by atoms with Crippen molar-refractivity contribution in [1.29, 1.82) is 0 Å². The Bertz CT molecular complexity index is 952. The van der Waals surface area contributed by atoms with E-state index in [0.29, 0.717) is 21.9 Å². The van der Waals surface area contributed by atoms with Crippen molar-refractivity contribution in [3.05, 3.63) is 41.5 Å². The molecule has 0 saturated heterocycles. The van der Waals surface area contributed by atoms with Crippen LogP contribution in [0, 0.1) is 0 Å². The van der Waals surface area contributed by atoms with Gasteiger partial charge in [-0.05, 0) is 44.4 Å². The summed E-state index contributed by atoms with van der Waals surface area (Å²) in [7, 11) is 0. The zero-order chi connectivity index (χ0) is 18.2. The quantitative estimate of drug-likeness (QED) is 0.734. The molecule has 8 heteroatoms. The van der Waals surface area contributed by atoms with E-state index in [2.05, 4.69) is 10.3 Å². The van der Waals surface area contributed by atoms with Gasteiger partial charge in [0.25, 0.3) is 0 Å². The average molecular weight is 359 g/mol. The van der Waals surface area contributed by atoms with Crippen molar-refractivity contribution in [2.24, 2.45) is 0 Å². The Morgan fingerprint density at radius 2 is 2.04 bits per heavy atom. The highest BCUT2D eigenvalue weighted by Crippen LogP contribution is 2.30. The van der Waals surface area contributed by atoms with E-state index < -0.39 is 17.7 Å². The van der Waals surface area contributed by atoms with Crippen LogP contribution in [0.15, 0.2) is 36.0 Å². The van der Waals surface area contributed by atoms with Gasteiger partial charge in [-0.1, -0.05) is 0 Å². The zero-order valence-electron chi connectivity index (χ0n) is 13.9. The number of hydrogen-bond acceptors (Lipinski definition) is 5. The lowest BCUT2D eigenvalue weighted by Gasteiger charge is -2.19. The van der Waals surface area contributed by atoms with Crippen LogP contribution in [-0.2, 0) is 4.74 Å². The number of thiophene rings is 1. The van der Waals surface area contributed by atoms with Crippen molar-refractivity contribution < 1.29 is 19.4 Å². The molecule has 0 spiro atoms. The maximum absolute atomic E-state index is 11.9. The minimum atomic E-state index is -0.991. The summed E-state index contributed by atoms with van der Waals surface area (Å²) in [6, 6.07) is 5.01. The van der Waals surface area contributed by atoms with Crippen LogP contribution < -0.4 is 5.32 Å². The van der Waals surface area contributed by atoms with Gasteiger partial charge in [-0.3, -0.25) is 9.72 Å². The predicted molar refractivity (Wildman–Crippen MR) is 95.3 cm³/mol. The molecule has 3 aromatic heterocycles. The second kappa shape index (κ2) is 6.21. The summed E-state index contributed by atoms with van der Waals surface area (Å²) < 4.78 is 6.98. The zero-order valence-corrected chi connectivity index (χ0v) is 14.8. The number of aromatic nitrogens is 2. The molecule has 0 saturated carbocycles. The van der Waals surface area contributed by atoms with Gasteiger partial charge in [0.15, 0.2) is 0 Å². The standard InChI is InChI=1S/C17H17N3O4S/c1-17(2,3)24-16(23)19-10-4-5-13-18-8-12(20(13)9-10)14-11(15(21)22)6-7-25-14/h4-9H,1-3H3,(H,19,23)(H,21,22). The smallest absolute Gasteiger partial charge is 0.412 e. The molecule has 0 fully saturated rings. The van der Waals surface area contributed by atoms with E-state index in [1.165, 1.54) is 11.3 Å². The summed E-state index contributed by atoms with van der Waals surface area (Å²) in [5.74, 6) is -0.991. The number of pyridine rings is 1. The number of nitrogens with zero attached hydrogens (tertiary/aromatic N) is 2. The molecular formula is C17H17N3O4S. The summed E-state index contributed by atoms with van der Waals surface area (Å²) in [5, 5.41) is 13.7. The minimum Gasteiger partial charge on any atom is -0.478 e. The third kappa shape index (κ3) is 3.63. The highest BCUT2D eigenvalue weighted by Gasteiger charge is 2.18. The Balaban J connectivity index is 1.96. The first kappa shape index (κ1) is 17.0. The molecule has 3 heterocycles. The van der Waals surface area contributed by atoms with Crippen molar-refractivity contribution in [2.45, 2.75) is 26.4 Å². The number of carbonyl (C=O) groups excluding carboxylic acids is 1. The molecule has 0 aliphatic rings. The Labute approximate surface area is 147 Å². The van der Waals surface area contributed by atoms with Crippen molar-refractivity contribution in [3.8, 4) is 10.6 Å². The van der Waals surface area contributed by atoms with Gasteiger partial charge in [0.1, 0.15) is 11.2 Å². The molecule has 0 aromatic carbocycles. The fourth-order valence-corrected chi connectivity index (χ4v) is 3.21. The lowest BCUT2D eigenvalue weighted by Crippen LogP contribution is -2.27. The summed E-state index contributed by atoms with van der Waals surface area (Å²) >= 11 is 1.32. The van der Waals surface area contributed by atoms with Crippen molar-refractivity contribution >= 4 is 34.7 Å². The van der Waals surface area contributed by atoms with E-state index in [1.807, 2.05) is 0 Å². The second-order valence-electron chi connectivity index (χ2n) is 6.38. The Morgan fingerprint density at radius 1 is 1.28 bits per heavy atom. The maximum atomic E-state index is 11.9. The molecule has 0 aliphatic heterocycles. The number of carboxylic acid groups (broad SMARTS) is 1. The number of amides is 1. The van der Waals surface area contributed by atoms with Gasteiger partial charge in [-0.25, -0.2) is 14.6 Å². The molecule has 3 rings (SSSR count). The first-order chi connectivity index (χ1) is 11.7. The summed E-state index contributed by atoms with van der Waals surface area (Å²) in [6.07, 6.45) is 2.74. The van der Waals surface area contributed by atoms with E-state index in [0.717, 1.165) is 0 Å². The fourth-order valence-electron chi connectivity index (χ4n) is 2.32. The summed E-state index contributed by atoms with van der Waals surface area (Å²) in [4.78, 5) is 28.2. The normalized spacial score (nSPS) is 11.5. The van der Waals surface area contributed by atoms with E-state index in [4.69, 9.17) is 4.74 Å². The number of carbonyl (C=O) groups is 2. The van der Waals surface area contributed by atoms with E-state index in [-0.39, 0.29) is 5.56 Å². The van der Waals surface area contributed by atoms with Gasteiger partial charge in [0.05, 0.1) is 28.0 Å². The molecule has 3 aromatic rings. The van der Waals surface area contributed by atoms with Gasteiger partial charge in [0.2, 0.25) is 0 Å². The lowest BCUT2D eigenvalue weighted by molar-refractivity contribution is 0.0634. The SMILES string of the molecule is CC(C)(C)OC(=O)Nc1ccc2ncc(-c3sccc3C(=O)O)n2c1. The number of nitrogens with one attached hydrogen (secondary N) is 1. The number of hydrogen-bond donors (Lipinski definition) is 2. The molecule has 1 amide bonds. The van der Waals surface area contributed by atoms with Gasteiger partial charge in [-0.15, -0.1) is 11.3 Å². The van der Waals surface area contributed by atoms with Gasteiger partial charge in [0, 0.05) is 6.20 Å². The second-order valence-corrected chi connectivity index (χ2v) is 7.30. The van der Waals surface area contributed by atoms with Crippen molar-refractivity contribution in [3.63, 3.8) is 0 Å². The highest BCUT2D eigenvalue weighted by atomic mass is 32.1. The molecule has 0 radical (unpaired) electrons. The predicted octanol–water partition coefficient (Wildman–Crippen LogP) is 4.11. The van der Waals surface area contributed by atoms with Crippen molar-refractivity contribution in [1.82, 2.24) is 9.38 Å². The first-order valence-corrected chi connectivity index (χ1v) is 8.41. The fraction of sp³-hybridized carbons (Fsp3) is 0.235.